The van der Waals surface area contributed by atoms with Crippen molar-refractivity contribution in [1.29, 1.82) is 0 Å². The second-order valence-corrected chi connectivity index (χ2v) is 6.23. The molecule has 1 N–H and O–H groups in total. The van der Waals surface area contributed by atoms with E-state index in [1.54, 1.807) is 29.2 Å². The number of anilines is 1. The molecule has 2 amide bonds. The van der Waals surface area contributed by atoms with E-state index in [-0.39, 0.29) is 17.6 Å². The third-order valence-electron chi connectivity index (χ3n) is 4.21. The zero-order valence-corrected chi connectivity index (χ0v) is 15.4. The van der Waals surface area contributed by atoms with Gasteiger partial charge in [0, 0.05) is 31.3 Å². The molecule has 0 heterocycles. The van der Waals surface area contributed by atoms with Crippen molar-refractivity contribution in [2.24, 2.45) is 0 Å². The van der Waals surface area contributed by atoms with Crippen LogP contribution in [-0.2, 0) is 16.0 Å². The van der Waals surface area contributed by atoms with Crippen LogP contribution in [0.3, 0.4) is 0 Å². The first kappa shape index (κ1) is 19.4. The minimum absolute atomic E-state index is 0.0538. The van der Waals surface area contributed by atoms with Crippen LogP contribution in [0.2, 0.25) is 0 Å². The van der Waals surface area contributed by atoms with E-state index in [4.69, 9.17) is 0 Å². The van der Waals surface area contributed by atoms with Crippen LogP contribution >= 0.6 is 0 Å². The molecule has 26 heavy (non-hydrogen) atoms. The molecular formula is C21H24N2O3. The van der Waals surface area contributed by atoms with Crippen LogP contribution in [0, 0.1) is 6.92 Å². The molecule has 2 aromatic rings. The molecule has 0 spiro atoms. The van der Waals surface area contributed by atoms with Crippen LogP contribution in [-0.4, -0.2) is 30.7 Å². The number of amides is 2. The van der Waals surface area contributed by atoms with Crippen LogP contribution in [0.1, 0.15) is 35.3 Å². The molecule has 136 valence electrons. The lowest BCUT2D eigenvalue weighted by Gasteiger charge is -2.22. The largest absolute Gasteiger partial charge is 0.354 e. The van der Waals surface area contributed by atoms with Crippen LogP contribution in [0.4, 0.5) is 5.69 Å². The Morgan fingerprint density at radius 1 is 1.00 bits per heavy atom. The maximum Gasteiger partial charge on any atom is 0.224 e. The van der Waals surface area contributed by atoms with Crippen molar-refractivity contribution >= 4 is 23.3 Å². The highest BCUT2D eigenvalue weighted by Crippen LogP contribution is 2.16. The maximum absolute atomic E-state index is 12.1. The number of ketones is 1. The first-order valence-electron chi connectivity index (χ1n) is 8.59. The minimum Gasteiger partial charge on any atom is -0.354 e. The molecule has 0 unspecified atom stereocenters. The third kappa shape index (κ3) is 5.28. The van der Waals surface area contributed by atoms with Gasteiger partial charge in [0.2, 0.25) is 11.8 Å². The SMILES string of the molecule is CC(=O)c1cccc(N(CCNC(=O)Cc2ccccc2C)C(C)=O)c1. The van der Waals surface area contributed by atoms with Gasteiger partial charge in [-0.1, -0.05) is 36.4 Å². The number of nitrogens with zero attached hydrogens (tertiary/aromatic N) is 1. The lowest BCUT2D eigenvalue weighted by atomic mass is 10.1. The highest BCUT2D eigenvalue weighted by Gasteiger charge is 2.13. The first-order valence-corrected chi connectivity index (χ1v) is 8.59. The van der Waals surface area contributed by atoms with E-state index in [1.807, 2.05) is 31.2 Å². The van der Waals surface area contributed by atoms with Gasteiger partial charge in [0.25, 0.3) is 0 Å². The van der Waals surface area contributed by atoms with Crippen molar-refractivity contribution in [3.8, 4) is 0 Å². The van der Waals surface area contributed by atoms with Crippen molar-refractivity contribution in [1.82, 2.24) is 5.32 Å². The van der Waals surface area contributed by atoms with Crippen LogP contribution in [0.5, 0.6) is 0 Å². The molecule has 0 fully saturated rings. The lowest BCUT2D eigenvalue weighted by molar-refractivity contribution is -0.121. The van der Waals surface area contributed by atoms with Gasteiger partial charge in [0.05, 0.1) is 6.42 Å². The fourth-order valence-corrected chi connectivity index (χ4v) is 2.71. The van der Waals surface area contributed by atoms with Gasteiger partial charge in [-0.15, -0.1) is 0 Å². The second-order valence-electron chi connectivity index (χ2n) is 6.23. The number of nitrogens with one attached hydrogen (secondary N) is 1. The summed E-state index contributed by atoms with van der Waals surface area (Å²) >= 11 is 0. The second kappa shape index (κ2) is 8.94. The smallest absolute Gasteiger partial charge is 0.224 e. The van der Waals surface area contributed by atoms with Crippen LogP contribution < -0.4 is 10.2 Å². The van der Waals surface area contributed by atoms with Gasteiger partial charge in [0.1, 0.15) is 0 Å². The number of benzene rings is 2. The normalized spacial score (nSPS) is 10.3. The summed E-state index contributed by atoms with van der Waals surface area (Å²) in [5.41, 5.74) is 3.27. The molecule has 0 aromatic heterocycles. The average Bonchev–Trinajstić information content (AvgIpc) is 2.60. The molecule has 0 atom stereocenters. The first-order chi connectivity index (χ1) is 12.4. The standard InChI is InChI=1S/C21H24N2O3/c1-15-7-4-5-8-18(15)14-21(26)22-11-12-23(17(3)25)20-10-6-9-19(13-20)16(2)24/h4-10,13H,11-12,14H2,1-3H3,(H,22,26). The number of aryl methyl sites for hydroxylation is 1. The molecule has 0 aliphatic carbocycles. The predicted octanol–water partition coefficient (Wildman–Crippen LogP) is 2.91. The fourth-order valence-electron chi connectivity index (χ4n) is 2.71. The van der Waals surface area contributed by atoms with Gasteiger partial charge in [0.15, 0.2) is 5.78 Å². The zero-order chi connectivity index (χ0) is 19.1. The van der Waals surface area contributed by atoms with Crippen molar-refractivity contribution in [3.63, 3.8) is 0 Å². The van der Waals surface area contributed by atoms with Gasteiger partial charge >= 0.3 is 0 Å². The summed E-state index contributed by atoms with van der Waals surface area (Å²) in [7, 11) is 0. The number of carbonyl (C=O) groups excluding carboxylic acids is 3. The van der Waals surface area contributed by atoms with E-state index in [0.29, 0.717) is 30.8 Å². The van der Waals surface area contributed by atoms with Crippen molar-refractivity contribution in [2.45, 2.75) is 27.2 Å². The Balaban J connectivity index is 1.96. The molecule has 0 radical (unpaired) electrons. The summed E-state index contributed by atoms with van der Waals surface area (Å²) in [6.45, 7) is 5.62. The molecule has 2 rings (SSSR count). The van der Waals surface area contributed by atoms with E-state index in [9.17, 15) is 14.4 Å². The number of Topliss-reactive ketones (excluding diaryl/α,β-unsaturated/α-hetero) is 1. The van der Waals surface area contributed by atoms with E-state index in [2.05, 4.69) is 5.32 Å². The molecular weight excluding hydrogens is 328 g/mol. The van der Waals surface area contributed by atoms with Crippen molar-refractivity contribution in [2.75, 3.05) is 18.0 Å². The number of rotatable bonds is 7. The quantitative estimate of drug-likeness (QED) is 0.779. The Labute approximate surface area is 154 Å². The van der Waals surface area contributed by atoms with Gasteiger partial charge in [-0.05, 0) is 37.1 Å². The summed E-state index contributed by atoms with van der Waals surface area (Å²) in [4.78, 5) is 37.2. The van der Waals surface area contributed by atoms with E-state index < -0.39 is 0 Å². The molecule has 5 nitrogen and oxygen atoms in total. The van der Waals surface area contributed by atoms with Gasteiger partial charge < -0.3 is 10.2 Å². The minimum atomic E-state index is -0.140. The lowest BCUT2D eigenvalue weighted by Crippen LogP contribution is -2.38. The monoisotopic (exact) mass is 352 g/mol. The highest BCUT2D eigenvalue weighted by atomic mass is 16.2. The molecule has 0 aliphatic rings. The maximum atomic E-state index is 12.1. The fraction of sp³-hybridized carbons (Fsp3) is 0.286. The Kier molecular flexibility index (Phi) is 6.67. The van der Waals surface area contributed by atoms with Crippen LogP contribution in [0.15, 0.2) is 48.5 Å². The number of hydrogen-bond donors (Lipinski definition) is 1. The van der Waals surface area contributed by atoms with E-state index in [1.165, 1.54) is 13.8 Å². The summed E-state index contributed by atoms with van der Waals surface area (Å²) in [6.07, 6.45) is 0.312. The van der Waals surface area contributed by atoms with Gasteiger partial charge in [-0.3, -0.25) is 14.4 Å². The topological polar surface area (TPSA) is 66.5 Å². The molecule has 0 saturated heterocycles. The Bertz CT molecular complexity index is 814. The highest BCUT2D eigenvalue weighted by molar-refractivity contribution is 5.97. The Morgan fingerprint density at radius 3 is 2.38 bits per heavy atom. The van der Waals surface area contributed by atoms with Crippen molar-refractivity contribution in [3.05, 3.63) is 65.2 Å². The summed E-state index contributed by atoms with van der Waals surface area (Å²) in [5, 5.41) is 2.85. The number of carbonyl (C=O) groups is 3. The summed E-state index contributed by atoms with van der Waals surface area (Å²) < 4.78 is 0. The molecule has 2 aromatic carbocycles. The third-order valence-corrected chi connectivity index (χ3v) is 4.21. The predicted molar refractivity (Wildman–Crippen MR) is 102 cm³/mol. The van der Waals surface area contributed by atoms with Gasteiger partial charge in [-0.2, -0.15) is 0 Å². The van der Waals surface area contributed by atoms with Gasteiger partial charge in [-0.25, -0.2) is 0 Å². The van der Waals surface area contributed by atoms with E-state index >= 15 is 0 Å². The average molecular weight is 352 g/mol. The summed E-state index contributed by atoms with van der Waals surface area (Å²) in [6, 6.07) is 14.7. The van der Waals surface area contributed by atoms with Crippen LogP contribution in [0.25, 0.3) is 0 Å². The molecule has 0 aliphatic heterocycles. The molecule has 5 heteroatoms. The zero-order valence-electron chi connectivity index (χ0n) is 15.4. The summed E-state index contributed by atoms with van der Waals surface area (Å²) in [5.74, 6) is -0.277. The Morgan fingerprint density at radius 2 is 1.73 bits per heavy atom. The molecule has 0 saturated carbocycles. The molecule has 0 bridgehead atoms. The van der Waals surface area contributed by atoms with Crippen molar-refractivity contribution < 1.29 is 14.4 Å². The van der Waals surface area contributed by atoms with E-state index in [0.717, 1.165) is 11.1 Å². The Hall–Kier alpha value is -2.95. The number of hydrogen-bond acceptors (Lipinski definition) is 3.